The van der Waals surface area contributed by atoms with Gasteiger partial charge in [0, 0.05) is 31.2 Å². The molecule has 10 nitrogen and oxygen atoms in total. The fraction of sp³-hybridized carbons (Fsp3) is 0.333. The van der Waals surface area contributed by atoms with E-state index in [1.165, 1.54) is 13.3 Å². The molecule has 1 saturated heterocycles. The van der Waals surface area contributed by atoms with Crippen LogP contribution in [0, 0.1) is 13.8 Å². The van der Waals surface area contributed by atoms with Crippen molar-refractivity contribution in [2.45, 2.75) is 26.8 Å². The second-order valence-corrected chi connectivity index (χ2v) is 8.07. The van der Waals surface area contributed by atoms with Crippen LogP contribution in [-0.4, -0.2) is 64.9 Å². The van der Waals surface area contributed by atoms with Crippen LogP contribution < -0.4 is 14.5 Å². The summed E-state index contributed by atoms with van der Waals surface area (Å²) < 4.78 is 9.34. The van der Waals surface area contributed by atoms with E-state index >= 15 is 0 Å². The Hall–Kier alpha value is -4.08. The summed E-state index contributed by atoms with van der Waals surface area (Å²) >= 11 is 0. The quantitative estimate of drug-likeness (QED) is 0.414. The van der Waals surface area contributed by atoms with Gasteiger partial charge in [-0.2, -0.15) is 0 Å². The number of aromatic nitrogens is 4. The Bertz CT molecular complexity index is 1190. The molecule has 0 bridgehead atoms. The summed E-state index contributed by atoms with van der Waals surface area (Å²) in [5.74, 6) is 1.42. The van der Waals surface area contributed by atoms with Crippen molar-refractivity contribution >= 4 is 23.6 Å². The van der Waals surface area contributed by atoms with E-state index in [4.69, 9.17) is 4.74 Å². The molecule has 0 aliphatic carbocycles. The summed E-state index contributed by atoms with van der Waals surface area (Å²) in [4.78, 5) is 36.9. The first-order valence-electron chi connectivity index (χ1n) is 10.9. The summed E-state index contributed by atoms with van der Waals surface area (Å²) in [6, 6.07) is 9.22. The van der Waals surface area contributed by atoms with Gasteiger partial charge in [0.25, 0.3) is 0 Å². The molecule has 2 aromatic heterocycles. The van der Waals surface area contributed by atoms with Crippen molar-refractivity contribution in [1.29, 1.82) is 0 Å². The number of hydrogen-bond donors (Lipinski definition) is 0. The third kappa shape index (κ3) is 4.66. The Kier molecular flexibility index (Phi) is 6.67. The molecule has 1 fully saturated rings. The lowest BCUT2D eigenvalue weighted by molar-refractivity contribution is 0.103. The minimum absolute atomic E-state index is 0.0772. The highest BCUT2D eigenvalue weighted by Gasteiger charge is 2.28. The molecule has 4 rings (SSSR count). The van der Waals surface area contributed by atoms with E-state index in [1.807, 2.05) is 32.0 Å². The van der Waals surface area contributed by atoms with Gasteiger partial charge < -0.3 is 19.3 Å². The fourth-order valence-electron chi connectivity index (χ4n) is 3.96. The summed E-state index contributed by atoms with van der Waals surface area (Å²) in [5, 5.41) is 8.74. The van der Waals surface area contributed by atoms with Gasteiger partial charge in [-0.15, -0.1) is 10.2 Å². The van der Waals surface area contributed by atoms with Crippen molar-refractivity contribution < 1.29 is 19.1 Å². The third-order valence-electron chi connectivity index (χ3n) is 5.94. The second kappa shape index (κ2) is 9.82. The van der Waals surface area contributed by atoms with E-state index in [0.29, 0.717) is 36.7 Å². The van der Waals surface area contributed by atoms with Crippen LogP contribution in [-0.2, 0) is 4.74 Å². The lowest BCUT2D eigenvalue weighted by atomic mass is 10.0. The van der Waals surface area contributed by atoms with Crippen LogP contribution in [0.15, 0.2) is 42.7 Å². The smallest absolute Gasteiger partial charge is 0.437 e. The second-order valence-electron chi connectivity index (χ2n) is 8.07. The molecule has 1 atom stereocenters. The average Bonchev–Trinajstić information content (AvgIpc) is 2.86. The summed E-state index contributed by atoms with van der Waals surface area (Å²) in [6.07, 6.45) is 2.13. The third-order valence-corrected chi connectivity index (χ3v) is 5.94. The zero-order valence-corrected chi connectivity index (χ0v) is 19.6. The number of ketones is 1. The van der Waals surface area contributed by atoms with Gasteiger partial charge in [0.1, 0.15) is 11.5 Å². The predicted octanol–water partition coefficient (Wildman–Crippen LogP) is 2.97. The van der Waals surface area contributed by atoms with Gasteiger partial charge in [0.2, 0.25) is 11.7 Å². The van der Waals surface area contributed by atoms with Gasteiger partial charge in [-0.05, 0) is 31.9 Å². The molecule has 10 heteroatoms. The maximum atomic E-state index is 12.9. The zero-order valence-electron chi connectivity index (χ0n) is 19.6. The predicted molar refractivity (Wildman–Crippen MR) is 125 cm³/mol. The Labute approximate surface area is 197 Å². The van der Waals surface area contributed by atoms with Gasteiger partial charge in [-0.1, -0.05) is 30.3 Å². The average molecular weight is 463 g/mol. The van der Waals surface area contributed by atoms with Gasteiger partial charge >= 0.3 is 6.16 Å². The number of nitrogens with zero attached hydrogens (tertiary/aromatic N) is 6. The molecule has 0 N–H and O–H groups in total. The standard InChI is InChI=1S/C24H26N6O4/c1-15-14-29(10-11-30(15)19-12-26-20(13-25-19)34-24(32)33-4)23-17(3)16(2)21(27-28-23)22(31)18-8-6-5-7-9-18/h5-9,12-13,15H,10-11,14H2,1-4H3/t15-/m1/s1. The van der Waals surface area contributed by atoms with Crippen molar-refractivity contribution in [3.63, 3.8) is 0 Å². The molecule has 0 unspecified atom stereocenters. The van der Waals surface area contributed by atoms with Crippen LogP contribution in [0.5, 0.6) is 5.88 Å². The molecule has 1 aromatic carbocycles. The van der Waals surface area contributed by atoms with Crippen LogP contribution in [0.2, 0.25) is 0 Å². The molecule has 1 aliphatic heterocycles. The van der Waals surface area contributed by atoms with E-state index in [2.05, 4.69) is 41.6 Å². The number of piperazine rings is 1. The topological polar surface area (TPSA) is 111 Å². The minimum atomic E-state index is -0.840. The normalized spacial score (nSPS) is 15.7. The molecule has 3 aromatic rings. The Morgan fingerprint density at radius 2 is 1.76 bits per heavy atom. The number of anilines is 2. The van der Waals surface area contributed by atoms with E-state index in [-0.39, 0.29) is 17.7 Å². The molecular weight excluding hydrogens is 436 g/mol. The van der Waals surface area contributed by atoms with Gasteiger partial charge in [0.15, 0.2) is 5.82 Å². The molecular formula is C24H26N6O4. The van der Waals surface area contributed by atoms with Crippen molar-refractivity contribution in [3.05, 3.63) is 65.1 Å². The van der Waals surface area contributed by atoms with Crippen LogP contribution in [0.3, 0.4) is 0 Å². The van der Waals surface area contributed by atoms with E-state index in [9.17, 15) is 9.59 Å². The first-order chi connectivity index (χ1) is 16.4. The Morgan fingerprint density at radius 3 is 2.41 bits per heavy atom. The van der Waals surface area contributed by atoms with Crippen LogP contribution in [0.4, 0.5) is 16.4 Å². The number of benzene rings is 1. The number of carbonyl (C=O) groups excluding carboxylic acids is 2. The largest absolute Gasteiger partial charge is 0.514 e. The Morgan fingerprint density at radius 1 is 1.00 bits per heavy atom. The lowest BCUT2D eigenvalue weighted by Gasteiger charge is -2.41. The number of carbonyl (C=O) groups is 2. The molecule has 0 amide bonds. The highest BCUT2D eigenvalue weighted by molar-refractivity contribution is 6.08. The monoisotopic (exact) mass is 462 g/mol. The highest BCUT2D eigenvalue weighted by Crippen LogP contribution is 2.26. The molecule has 176 valence electrons. The van der Waals surface area contributed by atoms with Gasteiger partial charge in [0.05, 0.1) is 19.5 Å². The van der Waals surface area contributed by atoms with Crippen molar-refractivity contribution in [3.8, 4) is 5.88 Å². The maximum Gasteiger partial charge on any atom is 0.514 e. The van der Waals surface area contributed by atoms with E-state index in [0.717, 1.165) is 16.9 Å². The molecule has 1 aliphatic rings. The molecule has 3 heterocycles. The lowest BCUT2D eigenvalue weighted by Crippen LogP contribution is -2.53. The number of rotatable bonds is 5. The van der Waals surface area contributed by atoms with E-state index < -0.39 is 6.16 Å². The maximum absolute atomic E-state index is 12.9. The number of methoxy groups -OCH3 is 1. The molecule has 34 heavy (non-hydrogen) atoms. The summed E-state index contributed by atoms with van der Waals surface area (Å²) in [7, 11) is 1.23. The van der Waals surface area contributed by atoms with Crippen LogP contribution in [0.25, 0.3) is 0 Å². The van der Waals surface area contributed by atoms with Crippen molar-refractivity contribution in [2.75, 3.05) is 36.5 Å². The van der Waals surface area contributed by atoms with Crippen molar-refractivity contribution in [2.24, 2.45) is 0 Å². The summed E-state index contributed by atoms with van der Waals surface area (Å²) in [5.41, 5.74) is 2.75. The highest BCUT2D eigenvalue weighted by atomic mass is 16.7. The zero-order chi connectivity index (χ0) is 24.2. The first-order valence-corrected chi connectivity index (χ1v) is 10.9. The molecule has 0 spiro atoms. The van der Waals surface area contributed by atoms with E-state index in [1.54, 1.807) is 18.3 Å². The SMILES string of the molecule is COC(=O)Oc1cnc(N2CCN(c3nnc(C(=O)c4ccccc4)c(C)c3C)C[C@H]2C)cn1. The minimum Gasteiger partial charge on any atom is -0.437 e. The van der Waals surface area contributed by atoms with Crippen LogP contribution in [0.1, 0.15) is 34.1 Å². The molecule has 0 saturated carbocycles. The van der Waals surface area contributed by atoms with Gasteiger partial charge in [-0.3, -0.25) is 4.79 Å². The van der Waals surface area contributed by atoms with Crippen molar-refractivity contribution in [1.82, 2.24) is 20.2 Å². The molecule has 0 radical (unpaired) electrons. The summed E-state index contributed by atoms with van der Waals surface area (Å²) in [6.45, 7) is 8.07. The first kappa shape index (κ1) is 23.1. The Balaban J connectivity index is 1.47. The number of ether oxygens (including phenoxy) is 2. The number of hydrogen-bond acceptors (Lipinski definition) is 10. The van der Waals surface area contributed by atoms with Crippen LogP contribution >= 0.6 is 0 Å². The van der Waals surface area contributed by atoms with Gasteiger partial charge in [-0.25, -0.2) is 14.8 Å². The fourth-order valence-corrected chi connectivity index (χ4v) is 3.96.